The number of rotatable bonds is 5. The number of aromatic nitrogens is 2. The summed E-state index contributed by atoms with van der Waals surface area (Å²) < 4.78 is 2.27. The first-order chi connectivity index (χ1) is 9.79. The van der Waals surface area contributed by atoms with Crippen molar-refractivity contribution in [3.63, 3.8) is 0 Å². The van der Waals surface area contributed by atoms with Crippen LogP contribution in [-0.2, 0) is 17.4 Å². The lowest BCUT2D eigenvalue weighted by molar-refractivity contribution is -0.123. The van der Waals surface area contributed by atoms with E-state index in [1.165, 1.54) is 11.3 Å². The fourth-order valence-electron chi connectivity index (χ4n) is 1.90. The van der Waals surface area contributed by atoms with Gasteiger partial charge >= 0.3 is 0 Å². The smallest absolute Gasteiger partial charge is 0.228 e. The van der Waals surface area contributed by atoms with Crippen LogP contribution in [0.1, 0.15) is 30.2 Å². The molecular weight excluding hydrogens is 310 g/mol. The molecule has 0 aromatic carbocycles. The largest absolute Gasteiger partial charge is 0.383 e. The van der Waals surface area contributed by atoms with Crippen LogP contribution in [0.2, 0.25) is 4.34 Å². The van der Waals surface area contributed by atoms with E-state index in [2.05, 4.69) is 10.4 Å². The second-order valence-corrected chi connectivity index (χ2v) is 7.00. The molecule has 114 valence electrons. The van der Waals surface area contributed by atoms with E-state index < -0.39 is 5.60 Å². The Morgan fingerprint density at radius 3 is 2.86 bits per heavy atom. The Hall–Kier alpha value is -1.37. The maximum atomic E-state index is 12.2. The van der Waals surface area contributed by atoms with Crippen molar-refractivity contribution in [2.24, 2.45) is 7.05 Å². The third-order valence-corrected chi connectivity index (χ3v) is 4.76. The van der Waals surface area contributed by atoms with Gasteiger partial charge in [-0.3, -0.25) is 9.48 Å². The van der Waals surface area contributed by atoms with E-state index in [-0.39, 0.29) is 18.4 Å². The van der Waals surface area contributed by atoms with Gasteiger partial charge in [-0.25, -0.2) is 0 Å². The highest BCUT2D eigenvalue weighted by atomic mass is 35.5. The molecule has 0 saturated heterocycles. The highest BCUT2D eigenvalue weighted by Crippen LogP contribution is 2.28. The van der Waals surface area contributed by atoms with Crippen LogP contribution in [0.15, 0.2) is 24.5 Å². The average molecular weight is 328 g/mol. The van der Waals surface area contributed by atoms with Crippen molar-refractivity contribution in [1.82, 2.24) is 15.1 Å². The molecule has 7 heteroatoms. The highest BCUT2D eigenvalue weighted by molar-refractivity contribution is 7.16. The van der Waals surface area contributed by atoms with Crippen LogP contribution in [0.3, 0.4) is 0 Å². The molecule has 21 heavy (non-hydrogen) atoms. The molecule has 2 rings (SSSR count). The van der Waals surface area contributed by atoms with Crippen molar-refractivity contribution in [3.05, 3.63) is 39.3 Å². The number of aliphatic hydroxyl groups is 1. The minimum atomic E-state index is -1.16. The zero-order valence-corrected chi connectivity index (χ0v) is 13.7. The van der Waals surface area contributed by atoms with E-state index in [9.17, 15) is 9.90 Å². The van der Waals surface area contributed by atoms with Gasteiger partial charge in [0.1, 0.15) is 5.60 Å². The summed E-state index contributed by atoms with van der Waals surface area (Å²) in [7, 11) is 1.78. The van der Waals surface area contributed by atoms with E-state index in [1.807, 2.05) is 13.0 Å². The Labute approximate surface area is 132 Å². The van der Waals surface area contributed by atoms with Gasteiger partial charge in [-0.1, -0.05) is 11.6 Å². The average Bonchev–Trinajstić information content (AvgIpc) is 3.04. The number of thiophene rings is 1. The fraction of sp³-hybridized carbons (Fsp3) is 0.429. The second kappa shape index (κ2) is 6.17. The molecule has 2 atom stereocenters. The first kappa shape index (κ1) is 16.0. The molecule has 2 aromatic rings. The third kappa shape index (κ3) is 3.84. The van der Waals surface area contributed by atoms with Gasteiger partial charge in [-0.05, 0) is 26.0 Å². The number of amides is 1. The Balaban J connectivity index is 1.97. The van der Waals surface area contributed by atoms with Crippen molar-refractivity contribution in [2.45, 2.75) is 25.4 Å². The minimum absolute atomic E-state index is 0.126. The molecule has 2 unspecified atom stereocenters. The highest BCUT2D eigenvalue weighted by Gasteiger charge is 2.27. The van der Waals surface area contributed by atoms with Crippen molar-refractivity contribution < 1.29 is 9.90 Å². The summed E-state index contributed by atoms with van der Waals surface area (Å²) in [5.74, 6) is -0.440. The summed E-state index contributed by atoms with van der Waals surface area (Å²) in [6.45, 7) is 3.59. The van der Waals surface area contributed by atoms with Crippen LogP contribution < -0.4 is 5.32 Å². The Bertz CT molecular complexity index is 636. The summed E-state index contributed by atoms with van der Waals surface area (Å²) in [5, 5.41) is 17.2. The fourth-order valence-corrected chi connectivity index (χ4v) is 3.02. The molecule has 0 aliphatic carbocycles. The predicted molar refractivity (Wildman–Crippen MR) is 83.5 cm³/mol. The summed E-state index contributed by atoms with van der Waals surface area (Å²) in [4.78, 5) is 13.1. The van der Waals surface area contributed by atoms with Crippen LogP contribution in [0.4, 0.5) is 0 Å². The van der Waals surface area contributed by atoms with Gasteiger partial charge in [0.05, 0.1) is 23.0 Å². The van der Waals surface area contributed by atoms with Gasteiger partial charge < -0.3 is 10.4 Å². The lowest BCUT2D eigenvalue weighted by Crippen LogP contribution is -2.40. The summed E-state index contributed by atoms with van der Waals surface area (Å²) >= 11 is 7.26. The predicted octanol–water partition coefficient (Wildman–Crippen LogP) is 2.26. The third-order valence-electron chi connectivity index (χ3n) is 3.35. The van der Waals surface area contributed by atoms with Crippen LogP contribution in [0, 0.1) is 0 Å². The van der Waals surface area contributed by atoms with Gasteiger partial charge in [-0.15, -0.1) is 11.3 Å². The molecular formula is C14H18ClN3O2S. The van der Waals surface area contributed by atoms with Gasteiger partial charge in [-0.2, -0.15) is 5.10 Å². The number of carbonyl (C=O) groups excluding carboxylic acids is 1. The zero-order chi connectivity index (χ0) is 15.6. The quantitative estimate of drug-likeness (QED) is 0.885. The summed E-state index contributed by atoms with van der Waals surface area (Å²) in [6.07, 6.45) is 3.32. The molecule has 2 heterocycles. The van der Waals surface area contributed by atoms with Gasteiger partial charge in [0.25, 0.3) is 0 Å². The normalized spacial score (nSPS) is 15.5. The van der Waals surface area contributed by atoms with Crippen molar-refractivity contribution in [1.29, 1.82) is 0 Å². The summed E-state index contributed by atoms with van der Waals surface area (Å²) in [5.41, 5.74) is -0.492. The van der Waals surface area contributed by atoms with Crippen molar-refractivity contribution in [3.8, 4) is 0 Å². The first-order valence-electron chi connectivity index (χ1n) is 6.54. The Kier molecular flexibility index (Phi) is 4.70. The Morgan fingerprint density at radius 1 is 1.62 bits per heavy atom. The van der Waals surface area contributed by atoms with Crippen molar-refractivity contribution in [2.75, 3.05) is 6.54 Å². The van der Waals surface area contributed by atoms with Crippen molar-refractivity contribution >= 4 is 28.8 Å². The molecule has 5 nitrogen and oxygen atoms in total. The van der Waals surface area contributed by atoms with E-state index >= 15 is 0 Å². The van der Waals surface area contributed by atoms with E-state index in [1.54, 1.807) is 37.1 Å². The van der Waals surface area contributed by atoms with Crippen LogP contribution in [0.5, 0.6) is 0 Å². The lowest BCUT2D eigenvalue weighted by atomic mass is 9.99. The van der Waals surface area contributed by atoms with Gasteiger partial charge in [0, 0.05) is 23.7 Å². The SMILES string of the molecule is CC(C(=O)NCC(C)(O)c1cnn(C)c1)c1ccc(Cl)s1. The molecule has 1 amide bonds. The molecule has 0 bridgehead atoms. The van der Waals surface area contributed by atoms with E-state index in [0.717, 1.165) is 4.88 Å². The number of carbonyl (C=O) groups is 1. The van der Waals surface area contributed by atoms with Gasteiger partial charge in [0.15, 0.2) is 0 Å². The topological polar surface area (TPSA) is 67.2 Å². The molecule has 2 N–H and O–H groups in total. The number of hydrogen-bond donors (Lipinski definition) is 2. The number of halogens is 1. The maximum absolute atomic E-state index is 12.2. The lowest BCUT2D eigenvalue weighted by Gasteiger charge is -2.23. The molecule has 0 spiro atoms. The number of aryl methyl sites for hydroxylation is 1. The molecule has 0 aliphatic rings. The second-order valence-electron chi connectivity index (χ2n) is 5.26. The number of nitrogens with one attached hydrogen (secondary N) is 1. The maximum Gasteiger partial charge on any atom is 0.228 e. The molecule has 0 fully saturated rings. The molecule has 2 aromatic heterocycles. The zero-order valence-electron chi connectivity index (χ0n) is 12.1. The number of hydrogen-bond acceptors (Lipinski definition) is 4. The minimum Gasteiger partial charge on any atom is -0.383 e. The molecule has 0 aliphatic heterocycles. The van der Waals surface area contributed by atoms with Crippen LogP contribution in [-0.4, -0.2) is 27.3 Å². The monoisotopic (exact) mass is 327 g/mol. The summed E-state index contributed by atoms with van der Waals surface area (Å²) in [6, 6.07) is 3.62. The molecule has 0 saturated carbocycles. The van der Waals surface area contributed by atoms with E-state index in [4.69, 9.17) is 11.6 Å². The Morgan fingerprint density at radius 2 is 2.33 bits per heavy atom. The standard InChI is InChI=1S/C14H18ClN3O2S/c1-9(11-4-5-12(15)21-11)13(19)16-8-14(2,20)10-6-17-18(3)7-10/h4-7,9,20H,8H2,1-3H3,(H,16,19). The van der Waals surface area contributed by atoms with Crippen LogP contribution >= 0.6 is 22.9 Å². The molecule has 0 radical (unpaired) electrons. The van der Waals surface area contributed by atoms with Crippen LogP contribution in [0.25, 0.3) is 0 Å². The van der Waals surface area contributed by atoms with Gasteiger partial charge in [0.2, 0.25) is 5.91 Å². The first-order valence-corrected chi connectivity index (χ1v) is 7.73. The van der Waals surface area contributed by atoms with E-state index in [0.29, 0.717) is 9.90 Å². The number of nitrogens with zero attached hydrogens (tertiary/aromatic N) is 2.